The second-order valence-electron chi connectivity index (χ2n) is 5.60. The van der Waals surface area contributed by atoms with Crippen molar-refractivity contribution in [2.24, 2.45) is 0 Å². The van der Waals surface area contributed by atoms with E-state index in [1.54, 1.807) is 0 Å². The predicted molar refractivity (Wildman–Crippen MR) is 74.1 cm³/mol. The number of nitrogens with zero attached hydrogens (tertiary/aromatic N) is 1. The fourth-order valence-corrected chi connectivity index (χ4v) is 5.61. The van der Waals surface area contributed by atoms with E-state index in [-0.39, 0.29) is 11.3 Å². The Hall–Kier alpha value is -0.130. The molecule has 1 N–H and O–H groups in total. The average Bonchev–Trinajstić information content (AvgIpc) is 2.91. The van der Waals surface area contributed by atoms with E-state index >= 15 is 0 Å². The van der Waals surface area contributed by atoms with Gasteiger partial charge in [-0.05, 0) is 45.7 Å². The van der Waals surface area contributed by atoms with Crippen LogP contribution in [0.4, 0.5) is 0 Å². The molecule has 0 aromatic carbocycles. The van der Waals surface area contributed by atoms with Gasteiger partial charge in [0.15, 0.2) is 0 Å². The first-order valence-corrected chi connectivity index (χ1v) is 8.82. The predicted octanol–water partition coefficient (Wildman–Crippen LogP) is 1.72. The molecule has 2 rings (SSSR count). The third-order valence-electron chi connectivity index (χ3n) is 4.35. The zero-order chi connectivity index (χ0) is 13.0. The fraction of sp³-hybridized carbons (Fsp3) is 1.00. The van der Waals surface area contributed by atoms with Crippen molar-refractivity contribution in [1.82, 2.24) is 9.62 Å². The highest BCUT2D eigenvalue weighted by Gasteiger charge is 2.38. The van der Waals surface area contributed by atoms with E-state index in [4.69, 9.17) is 0 Å². The van der Waals surface area contributed by atoms with Crippen molar-refractivity contribution in [3.8, 4) is 0 Å². The Bertz CT molecular complexity index is 350. The number of rotatable bonds is 5. The van der Waals surface area contributed by atoms with E-state index in [9.17, 15) is 8.42 Å². The first-order chi connectivity index (χ1) is 8.66. The van der Waals surface area contributed by atoms with Gasteiger partial charge in [0, 0.05) is 12.6 Å². The van der Waals surface area contributed by atoms with Crippen LogP contribution in [0, 0.1) is 0 Å². The van der Waals surface area contributed by atoms with Gasteiger partial charge in [-0.15, -0.1) is 0 Å². The van der Waals surface area contributed by atoms with Crippen LogP contribution in [-0.2, 0) is 10.0 Å². The van der Waals surface area contributed by atoms with E-state index < -0.39 is 10.0 Å². The van der Waals surface area contributed by atoms with Crippen molar-refractivity contribution in [1.29, 1.82) is 0 Å². The molecule has 1 saturated heterocycles. The summed E-state index contributed by atoms with van der Waals surface area (Å²) >= 11 is 0. The fourth-order valence-electron chi connectivity index (χ4n) is 3.29. The molecule has 0 spiro atoms. The van der Waals surface area contributed by atoms with Crippen molar-refractivity contribution in [3.63, 3.8) is 0 Å². The maximum Gasteiger partial charge on any atom is 0.217 e. The maximum atomic E-state index is 12.7. The summed E-state index contributed by atoms with van der Waals surface area (Å²) in [7, 11) is -1.11. The molecule has 0 radical (unpaired) electrons. The van der Waals surface area contributed by atoms with Gasteiger partial charge in [-0.25, -0.2) is 8.42 Å². The Morgan fingerprint density at radius 3 is 2.44 bits per heavy atom. The zero-order valence-corrected chi connectivity index (χ0v) is 12.2. The molecule has 0 aromatic heterocycles. The van der Waals surface area contributed by atoms with Crippen LogP contribution in [0.2, 0.25) is 0 Å². The monoisotopic (exact) mass is 274 g/mol. The molecular weight excluding hydrogens is 248 g/mol. The zero-order valence-electron chi connectivity index (χ0n) is 11.4. The summed E-state index contributed by atoms with van der Waals surface area (Å²) in [6, 6.07) is 0.233. The minimum absolute atomic E-state index is 0.0901. The highest BCUT2D eigenvalue weighted by Crippen LogP contribution is 2.31. The van der Waals surface area contributed by atoms with Gasteiger partial charge in [-0.1, -0.05) is 19.3 Å². The first-order valence-electron chi connectivity index (χ1n) is 7.31. The minimum Gasteiger partial charge on any atom is -0.320 e. The van der Waals surface area contributed by atoms with Gasteiger partial charge in [0.25, 0.3) is 0 Å². The van der Waals surface area contributed by atoms with E-state index in [0.29, 0.717) is 0 Å². The average molecular weight is 274 g/mol. The summed E-state index contributed by atoms with van der Waals surface area (Å²) in [6.45, 7) is 1.65. The molecule has 2 aliphatic rings. The van der Waals surface area contributed by atoms with Crippen LogP contribution < -0.4 is 5.32 Å². The Morgan fingerprint density at radius 2 is 1.78 bits per heavy atom. The standard InChI is InChI=1S/C13H26N2O2S/c1-14-10-9-12-6-4-5-11-15(12)18(16,17)13-7-2-3-8-13/h12-14H,2-11H2,1H3. The van der Waals surface area contributed by atoms with Gasteiger partial charge in [0.05, 0.1) is 5.25 Å². The van der Waals surface area contributed by atoms with Gasteiger partial charge < -0.3 is 5.32 Å². The smallest absolute Gasteiger partial charge is 0.217 e. The van der Waals surface area contributed by atoms with Crippen LogP contribution in [0.5, 0.6) is 0 Å². The highest BCUT2D eigenvalue weighted by molar-refractivity contribution is 7.89. The lowest BCUT2D eigenvalue weighted by Gasteiger charge is -2.36. The Morgan fingerprint density at radius 1 is 1.11 bits per heavy atom. The van der Waals surface area contributed by atoms with Gasteiger partial charge in [0.1, 0.15) is 0 Å². The Kier molecular flexibility index (Phi) is 5.04. The van der Waals surface area contributed by atoms with Gasteiger partial charge in [0.2, 0.25) is 10.0 Å². The minimum atomic E-state index is -3.04. The summed E-state index contributed by atoms with van der Waals surface area (Å²) in [6.07, 6.45) is 8.09. The Labute approximate surface area is 111 Å². The molecule has 18 heavy (non-hydrogen) atoms. The van der Waals surface area contributed by atoms with Crippen LogP contribution in [0.25, 0.3) is 0 Å². The lowest BCUT2D eigenvalue weighted by Crippen LogP contribution is -2.48. The lowest BCUT2D eigenvalue weighted by atomic mass is 10.0. The van der Waals surface area contributed by atoms with Gasteiger partial charge >= 0.3 is 0 Å². The molecular formula is C13H26N2O2S. The summed E-state index contributed by atoms with van der Waals surface area (Å²) in [5, 5.41) is 3.04. The molecule has 1 aliphatic heterocycles. The first kappa shape index (κ1) is 14.3. The van der Waals surface area contributed by atoms with Crippen molar-refractivity contribution in [3.05, 3.63) is 0 Å². The quantitative estimate of drug-likeness (QED) is 0.830. The molecule has 2 fully saturated rings. The number of piperidine rings is 1. The van der Waals surface area contributed by atoms with Crippen LogP contribution in [0.3, 0.4) is 0 Å². The number of sulfonamides is 1. The van der Waals surface area contributed by atoms with Gasteiger partial charge in [-0.3, -0.25) is 0 Å². The normalized spacial score (nSPS) is 27.7. The highest BCUT2D eigenvalue weighted by atomic mass is 32.2. The van der Waals surface area contributed by atoms with Crippen molar-refractivity contribution >= 4 is 10.0 Å². The molecule has 5 heteroatoms. The van der Waals surface area contributed by atoms with E-state index in [1.807, 2.05) is 11.4 Å². The Balaban J connectivity index is 2.07. The summed E-state index contributed by atoms with van der Waals surface area (Å²) in [5.41, 5.74) is 0. The van der Waals surface area contributed by atoms with E-state index in [2.05, 4.69) is 5.32 Å². The van der Waals surface area contributed by atoms with E-state index in [0.717, 1.165) is 58.0 Å². The van der Waals surface area contributed by atoms with Crippen LogP contribution >= 0.6 is 0 Å². The lowest BCUT2D eigenvalue weighted by molar-refractivity contribution is 0.238. The largest absolute Gasteiger partial charge is 0.320 e. The SMILES string of the molecule is CNCCC1CCCCN1S(=O)(=O)C1CCCC1. The molecule has 0 aromatic rings. The molecule has 0 bridgehead atoms. The third kappa shape index (κ3) is 3.06. The van der Waals surface area contributed by atoms with Crippen LogP contribution in [0.1, 0.15) is 51.4 Å². The van der Waals surface area contributed by atoms with Gasteiger partial charge in [-0.2, -0.15) is 4.31 Å². The summed E-state index contributed by atoms with van der Waals surface area (Å²) in [4.78, 5) is 0. The topological polar surface area (TPSA) is 49.4 Å². The van der Waals surface area contributed by atoms with E-state index in [1.165, 1.54) is 6.42 Å². The van der Waals surface area contributed by atoms with Crippen molar-refractivity contribution < 1.29 is 8.42 Å². The maximum absolute atomic E-state index is 12.7. The van der Waals surface area contributed by atoms with Crippen LogP contribution in [0.15, 0.2) is 0 Å². The second-order valence-corrected chi connectivity index (χ2v) is 7.77. The molecule has 1 aliphatic carbocycles. The summed E-state index contributed by atoms with van der Waals surface area (Å²) < 4.78 is 27.2. The molecule has 1 atom stereocenters. The van der Waals surface area contributed by atoms with Crippen molar-refractivity contribution in [2.75, 3.05) is 20.1 Å². The molecule has 1 saturated carbocycles. The number of nitrogens with one attached hydrogen (secondary N) is 1. The third-order valence-corrected chi connectivity index (χ3v) is 6.80. The van der Waals surface area contributed by atoms with Crippen molar-refractivity contribution in [2.45, 2.75) is 62.7 Å². The number of hydrogen-bond donors (Lipinski definition) is 1. The molecule has 0 amide bonds. The summed E-state index contributed by atoms with van der Waals surface area (Å²) in [5.74, 6) is 0. The molecule has 4 nitrogen and oxygen atoms in total. The second kappa shape index (κ2) is 6.35. The molecule has 106 valence electrons. The molecule has 1 heterocycles. The van der Waals surface area contributed by atoms with Crippen LogP contribution in [-0.4, -0.2) is 44.2 Å². The molecule has 1 unspecified atom stereocenters. The number of hydrogen-bond acceptors (Lipinski definition) is 3.